The van der Waals surface area contributed by atoms with Crippen molar-refractivity contribution in [1.29, 1.82) is 0 Å². The van der Waals surface area contributed by atoms with E-state index < -0.39 is 6.85 Å². The predicted octanol–water partition coefficient (Wildman–Crippen LogP) is 2.57. The Morgan fingerprint density at radius 2 is 2.50 bits per heavy atom. The Morgan fingerprint density at radius 1 is 1.67 bits per heavy atom. The van der Waals surface area contributed by atoms with Crippen LogP contribution in [0.4, 0.5) is 0 Å². The van der Waals surface area contributed by atoms with Gasteiger partial charge in [0.05, 0.1) is 0 Å². The molecule has 0 aromatic heterocycles. The zero-order valence-electron chi connectivity index (χ0n) is 6.71. The Kier molecular flexibility index (Phi) is 2.47. The largest absolute Gasteiger partial charge is 0.0928 e. The average molecular weight is 154 g/mol. The first-order valence-electron chi connectivity index (χ1n) is 3.62. The first-order valence-corrected chi connectivity index (χ1v) is 3.24. The second kappa shape index (κ2) is 5.48. The summed E-state index contributed by atoms with van der Waals surface area (Å²) in [5, 5.41) is 0.906. The van der Waals surface area contributed by atoms with Gasteiger partial charge in [0.1, 0.15) is 0 Å². The minimum atomic E-state index is -1.72. The van der Waals surface area contributed by atoms with Crippen LogP contribution in [0.2, 0.25) is 0 Å². The maximum Gasteiger partial charge on any atom is 0.0230 e. The van der Waals surface area contributed by atoms with Gasteiger partial charge in [-0.3, -0.25) is 0 Å². The summed E-state index contributed by atoms with van der Waals surface area (Å²) in [6.45, 7) is -1.72. The van der Waals surface area contributed by atoms with Crippen molar-refractivity contribution < 1.29 is 4.11 Å². The van der Waals surface area contributed by atoms with E-state index in [4.69, 9.17) is 4.11 Å². The van der Waals surface area contributed by atoms with Gasteiger partial charge in [-0.2, -0.15) is 0 Å². The van der Waals surface area contributed by atoms with Gasteiger partial charge in [-0.25, -0.2) is 0 Å². The molecule has 0 N–H and O–H groups in total. The maximum absolute atomic E-state index is 6.83. The van der Waals surface area contributed by atoms with Crippen molar-refractivity contribution in [1.82, 2.24) is 0 Å². The van der Waals surface area contributed by atoms with E-state index in [-0.39, 0.29) is 0 Å². The highest BCUT2D eigenvalue weighted by molar-refractivity contribution is 9.09. The molecular formula is C5H11Br. The smallest absolute Gasteiger partial charge is 0.0230 e. The monoisotopic (exact) mass is 153 g/mol. The lowest BCUT2D eigenvalue weighted by Crippen LogP contribution is -1.70. The Morgan fingerprint density at radius 3 is 3.00 bits per heavy atom. The summed E-state index contributed by atoms with van der Waals surface area (Å²) in [6, 6.07) is 0. The normalized spacial score (nSPS) is 18.5. The molecule has 0 nitrogen and oxygen atoms in total. The number of hydrogen-bond acceptors (Lipinski definition) is 0. The predicted molar refractivity (Wildman–Crippen MR) is 33.3 cm³/mol. The number of alkyl halides is 1. The summed E-state index contributed by atoms with van der Waals surface area (Å²) in [5.74, 6) is 0. The Hall–Kier alpha value is 0.480. The van der Waals surface area contributed by atoms with Crippen LogP contribution in [0.1, 0.15) is 30.2 Å². The third-order valence-electron chi connectivity index (χ3n) is 0.560. The first kappa shape index (κ1) is 2.71. The average Bonchev–Trinajstić information content (AvgIpc) is 1.63. The molecule has 38 valence electrons. The first-order chi connectivity index (χ1) is 4.06. The lowest BCUT2D eigenvalue weighted by atomic mass is 10.3. The molecule has 0 amide bonds. The van der Waals surface area contributed by atoms with Crippen LogP contribution in [0.3, 0.4) is 0 Å². The molecule has 0 aliphatic carbocycles. The number of halogens is 1. The molecule has 0 aromatic carbocycles. The van der Waals surface area contributed by atoms with Crippen LogP contribution in [-0.2, 0) is 0 Å². The second-order valence-corrected chi connectivity index (χ2v) is 1.94. The molecule has 0 aliphatic rings. The van der Waals surface area contributed by atoms with Crippen LogP contribution in [0, 0.1) is 0 Å². The van der Waals surface area contributed by atoms with Crippen molar-refractivity contribution >= 4 is 15.9 Å². The molecule has 0 aliphatic heterocycles. The molecule has 0 spiro atoms. The van der Waals surface area contributed by atoms with E-state index in [1.165, 1.54) is 0 Å². The van der Waals surface area contributed by atoms with Crippen LogP contribution in [-0.4, -0.2) is 5.33 Å². The highest BCUT2D eigenvalue weighted by Crippen LogP contribution is 1.95. The van der Waals surface area contributed by atoms with Gasteiger partial charge in [-0.1, -0.05) is 35.6 Å². The van der Waals surface area contributed by atoms with Crippen LogP contribution < -0.4 is 0 Å². The molecule has 0 atom stereocenters. The summed E-state index contributed by atoms with van der Waals surface area (Å²) in [6.07, 6.45) is 2.10. The van der Waals surface area contributed by atoms with E-state index >= 15 is 0 Å². The molecular weight excluding hydrogens is 140 g/mol. The van der Waals surface area contributed by atoms with Crippen molar-refractivity contribution in [3.05, 3.63) is 0 Å². The SMILES string of the molecule is [2H]C([2H])([2H])CCCCBr. The summed E-state index contributed by atoms with van der Waals surface area (Å²) in [4.78, 5) is 0. The molecule has 0 saturated carbocycles. The number of rotatable bonds is 3. The fraction of sp³-hybridized carbons (Fsp3) is 1.00. The van der Waals surface area contributed by atoms with Gasteiger partial charge in [-0.05, 0) is 6.42 Å². The quantitative estimate of drug-likeness (QED) is 0.433. The van der Waals surface area contributed by atoms with Crippen LogP contribution in [0.5, 0.6) is 0 Å². The van der Waals surface area contributed by atoms with Gasteiger partial charge < -0.3 is 0 Å². The number of hydrogen-bond donors (Lipinski definition) is 0. The van der Waals surface area contributed by atoms with Gasteiger partial charge >= 0.3 is 0 Å². The van der Waals surface area contributed by atoms with Gasteiger partial charge in [0, 0.05) is 9.44 Å². The molecule has 0 unspecified atom stereocenters. The molecule has 0 bridgehead atoms. The summed E-state index contributed by atoms with van der Waals surface area (Å²) in [7, 11) is 0. The molecule has 1 heteroatoms. The van der Waals surface area contributed by atoms with Gasteiger partial charge in [-0.15, -0.1) is 0 Å². The van der Waals surface area contributed by atoms with E-state index in [0.717, 1.165) is 18.2 Å². The zero-order valence-corrected chi connectivity index (χ0v) is 5.29. The lowest BCUT2D eigenvalue weighted by molar-refractivity contribution is 0.781. The topological polar surface area (TPSA) is 0 Å². The van der Waals surface area contributed by atoms with Crippen molar-refractivity contribution in [3.8, 4) is 0 Å². The minimum absolute atomic E-state index is 0.346. The van der Waals surface area contributed by atoms with E-state index in [2.05, 4.69) is 15.9 Å². The minimum Gasteiger partial charge on any atom is -0.0928 e. The second-order valence-electron chi connectivity index (χ2n) is 1.15. The molecule has 0 fully saturated rings. The van der Waals surface area contributed by atoms with E-state index in [1.54, 1.807) is 0 Å². The zero-order chi connectivity index (χ0) is 7.33. The Balaban J connectivity index is 3.07. The molecule has 0 heterocycles. The number of unbranched alkanes of at least 4 members (excludes halogenated alkanes) is 1. The standard InChI is InChI=1S/C5H11Br/c1-2-3-4-5-6/h2-5H2,1H3/i1D3. The summed E-state index contributed by atoms with van der Waals surface area (Å²) < 4.78 is 20.5. The molecule has 0 saturated heterocycles. The van der Waals surface area contributed by atoms with E-state index in [1.807, 2.05) is 0 Å². The fourth-order valence-electron chi connectivity index (χ4n) is 0.219. The molecule has 0 aromatic rings. The maximum atomic E-state index is 6.83. The molecule has 0 rings (SSSR count). The van der Waals surface area contributed by atoms with Crippen molar-refractivity contribution in [2.45, 2.75) is 26.1 Å². The molecule has 6 heavy (non-hydrogen) atoms. The fourth-order valence-corrected chi connectivity index (χ4v) is 0.616. The van der Waals surface area contributed by atoms with Gasteiger partial charge in [0.25, 0.3) is 0 Å². The highest BCUT2D eigenvalue weighted by Gasteiger charge is 1.76. The third kappa shape index (κ3) is 4.48. The third-order valence-corrected chi connectivity index (χ3v) is 1.12. The van der Waals surface area contributed by atoms with Crippen LogP contribution in [0.25, 0.3) is 0 Å². The van der Waals surface area contributed by atoms with Crippen LogP contribution in [0.15, 0.2) is 0 Å². The Labute approximate surface area is 52.3 Å². The van der Waals surface area contributed by atoms with Crippen LogP contribution >= 0.6 is 15.9 Å². The van der Waals surface area contributed by atoms with Gasteiger partial charge in [0.2, 0.25) is 0 Å². The summed E-state index contributed by atoms with van der Waals surface area (Å²) >= 11 is 3.23. The Bertz CT molecular complexity index is 69.1. The van der Waals surface area contributed by atoms with E-state index in [0.29, 0.717) is 6.42 Å². The summed E-state index contributed by atoms with van der Waals surface area (Å²) in [5.41, 5.74) is 0. The lowest BCUT2D eigenvalue weighted by Gasteiger charge is -1.85. The van der Waals surface area contributed by atoms with Crippen molar-refractivity contribution in [2.24, 2.45) is 0 Å². The van der Waals surface area contributed by atoms with Crippen molar-refractivity contribution in [2.75, 3.05) is 5.33 Å². The van der Waals surface area contributed by atoms with E-state index in [9.17, 15) is 0 Å². The molecule has 0 radical (unpaired) electrons. The van der Waals surface area contributed by atoms with Crippen molar-refractivity contribution in [3.63, 3.8) is 0 Å². The highest BCUT2D eigenvalue weighted by atomic mass is 79.9. The van der Waals surface area contributed by atoms with Gasteiger partial charge in [0.15, 0.2) is 0 Å².